The van der Waals surface area contributed by atoms with Crippen LogP contribution in [0.1, 0.15) is 71.1 Å². The minimum atomic E-state index is -0.469. The predicted molar refractivity (Wildman–Crippen MR) is 149 cm³/mol. The van der Waals surface area contributed by atoms with Crippen molar-refractivity contribution in [3.8, 4) is 11.5 Å². The maximum absolute atomic E-state index is 12.3. The lowest BCUT2D eigenvalue weighted by Gasteiger charge is -2.50. The van der Waals surface area contributed by atoms with Crippen molar-refractivity contribution in [2.75, 3.05) is 0 Å². The van der Waals surface area contributed by atoms with Gasteiger partial charge < -0.3 is 25.4 Å². The van der Waals surface area contributed by atoms with Crippen LogP contribution < -0.4 is 10.1 Å². The fourth-order valence-corrected chi connectivity index (χ4v) is 7.69. The van der Waals surface area contributed by atoms with Crippen molar-refractivity contribution in [3.63, 3.8) is 0 Å². The number of esters is 1. The zero-order valence-corrected chi connectivity index (χ0v) is 22.3. The quantitative estimate of drug-likeness (QED) is 0.263. The zero-order valence-electron chi connectivity index (χ0n) is 22.3. The molecule has 6 atom stereocenters. The number of aryl methyl sites for hydroxylation is 1. The summed E-state index contributed by atoms with van der Waals surface area (Å²) in [6.45, 7) is 2.76. The molecule has 3 unspecified atom stereocenters. The molecular weight excluding hydrogens is 490 g/mol. The summed E-state index contributed by atoms with van der Waals surface area (Å²) in [4.78, 5) is 12.3. The molecule has 0 heterocycles. The van der Waals surface area contributed by atoms with Gasteiger partial charge in [-0.05, 0) is 90.2 Å². The predicted octanol–water partition coefficient (Wildman–Crippen LogP) is 5.09. The van der Waals surface area contributed by atoms with Gasteiger partial charge in [0.05, 0.1) is 18.3 Å². The number of hydrogen-bond acceptors (Lipinski definition) is 6. The number of fused-ring (bicyclic) bond motifs is 5. The van der Waals surface area contributed by atoms with E-state index in [9.17, 15) is 20.1 Å². The topological polar surface area (TPSA) is 99.0 Å². The molecule has 39 heavy (non-hydrogen) atoms. The van der Waals surface area contributed by atoms with Crippen molar-refractivity contribution >= 4 is 5.97 Å². The second kappa shape index (κ2) is 10.4. The molecule has 0 spiro atoms. The third-order valence-electron chi connectivity index (χ3n) is 9.81. The lowest BCUT2D eigenvalue weighted by Crippen LogP contribution is -2.46. The smallest absolute Gasteiger partial charge is 0.343 e. The van der Waals surface area contributed by atoms with Gasteiger partial charge in [-0.25, -0.2) is 4.79 Å². The van der Waals surface area contributed by atoms with Crippen molar-refractivity contribution in [2.24, 2.45) is 17.3 Å². The third kappa shape index (κ3) is 4.75. The molecule has 3 aliphatic carbocycles. The van der Waals surface area contributed by atoms with Crippen molar-refractivity contribution in [1.29, 1.82) is 0 Å². The van der Waals surface area contributed by atoms with Gasteiger partial charge in [0.25, 0.3) is 0 Å². The second-order valence-corrected chi connectivity index (χ2v) is 11.9. The van der Waals surface area contributed by atoms with Crippen LogP contribution in [0.4, 0.5) is 0 Å². The molecule has 0 aromatic heterocycles. The van der Waals surface area contributed by atoms with E-state index in [0.29, 0.717) is 41.2 Å². The molecule has 3 aromatic carbocycles. The molecule has 3 aromatic rings. The summed E-state index contributed by atoms with van der Waals surface area (Å²) < 4.78 is 5.43. The molecule has 3 aliphatic rings. The fraction of sp³-hybridized carbons (Fsp3) is 0.424. The van der Waals surface area contributed by atoms with Gasteiger partial charge in [-0.15, -0.1) is 0 Å². The molecule has 0 amide bonds. The molecule has 204 valence electrons. The summed E-state index contributed by atoms with van der Waals surface area (Å²) in [5, 5.41) is 35.2. The first kappa shape index (κ1) is 26.1. The van der Waals surface area contributed by atoms with E-state index in [1.54, 1.807) is 36.4 Å². The van der Waals surface area contributed by atoms with Gasteiger partial charge in [-0.2, -0.15) is 0 Å². The van der Waals surface area contributed by atoms with Crippen molar-refractivity contribution in [2.45, 2.75) is 70.2 Å². The molecule has 4 N–H and O–H groups in total. The Bertz CT molecular complexity index is 1360. The Morgan fingerprint density at radius 2 is 1.90 bits per heavy atom. The molecule has 0 aliphatic heterocycles. The van der Waals surface area contributed by atoms with Gasteiger partial charge in [0.1, 0.15) is 11.5 Å². The highest BCUT2D eigenvalue weighted by Gasteiger charge is 2.57. The highest BCUT2D eigenvalue weighted by Crippen LogP contribution is 2.61. The van der Waals surface area contributed by atoms with E-state index in [2.05, 4.69) is 30.4 Å². The van der Waals surface area contributed by atoms with Crippen molar-refractivity contribution in [3.05, 3.63) is 94.5 Å². The lowest BCUT2D eigenvalue weighted by molar-refractivity contribution is -0.0281. The number of aliphatic hydroxyl groups is 2. The highest BCUT2D eigenvalue weighted by molar-refractivity contribution is 5.91. The molecular formula is C33H37NO5. The van der Waals surface area contributed by atoms with Gasteiger partial charge in [0.2, 0.25) is 0 Å². The van der Waals surface area contributed by atoms with E-state index in [4.69, 9.17) is 4.74 Å². The molecule has 2 fully saturated rings. The third-order valence-corrected chi connectivity index (χ3v) is 9.81. The monoisotopic (exact) mass is 527 g/mol. The number of aliphatic hydroxyl groups excluding tert-OH is 2. The molecule has 0 bridgehead atoms. The molecule has 2 saturated carbocycles. The maximum Gasteiger partial charge on any atom is 0.343 e. The zero-order chi connectivity index (χ0) is 27.1. The Hall–Kier alpha value is -3.19. The summed E-state index contributed by atoms with van der Waals surface area (Å²) in [6, 6.07) is 20.1. The minimum Gasteiger partial charge on any atom is -0.507 e. The summed E-state index contributed by atoms with van der Waals surface area (Å²) >= 11 is 0. The van der Waals surface area contributed by atoms with Crippen LogP contribution in [0.5, 0.6) is 11.5 Å². The Labute approximate surface area is 229 Å². The van der Waals surface area contributed by atoms with Gasteiger partial charge in [0.15, 0.2) is 0 Å². The minimum absolute atomic E-state index is 0.0492. The highest BCUT2D eigenvalue weighted by atomic mass is 16.5. The van der Waals surface area contributed by atoms with Crippen LogP contribution in [-0.4, -0.2) is 33.4 Å². The number of phenolic OH excluding ortho intramolecular Hbond substituents is 1. The standard InChI is InChI=1S/C33H37NO5/c1-33-14-13-26-25-11-7-20(19-35)15-22(25)9-12-27(26)28(33)17-29(31(33)37)34-18-23-8-10-24(16-30(23)36)39-32(38)21-5-3-2-4-6-21/h2-8,10-11,15-16,26-29,31,34-37H,9,12-14,17-19H2,1H3/t26?,27?,28?,29-,31+,33+/m1/s1. The van der Waals surface area contributed by atoms with E-state index >= 15 is 0 Å². The number of carbonyl (C=O) groups excluding carboxylic acids is 1. The number of carbonyl (C=O) groups is 1. The van der Waals surface area contributed by atoms with Crippen LogP contribution in [-0.2, 0) is 19.6 Å². The van der Waals surface area contributed by atoms with E-state index in [-0.39, 0.29) is 23.8 Å². The normalized spacial score (nSPS) is 29.3. The van der Waals surface area contributed by atoms with Gasteiger partial charge in [-0.1, -0.05) is 49.4 Å². The fourth-order valence-electron chi connectivity index (χ4n) is 7.69. The number of nitrogens with one attached hydrogen (secondary N) is 1. The first-order chi connectivity index (χ1) is 18.9. The van der Waals surface area contributed by atoms with Crippen molar-refractivity contribution in [1.82, 2.24) is 5.32 Å². The summed E-state index contributed by atoms with van der Waals surface area (Å²) in [5.41, 5.74) is 4.83. The van der Waals surface area contributed by atoms with Crippen LogP contribution >= 0.6 is 0 Å². The number of aromatic hydroxyl groups is 1. The van der Waals surface area contributed by atoms with Gasteiger partial charge in [0, 0.05) is 24.2 Å². The number of hydrogen-bond donors (Lipinski definition) is 4. The second-order valence-electron chi connectivity index (χ2n) is 11.9. The van der Waals surface area contributed by atoms with Gasteiger partial charge in [-0.3, -0.25) is 0 Å². The average Bonchev–Trinajstić information content (AvgIpc) is 3.22. The van der Waals surface area contributed by atoms with Crippen LogP contribution in [0.3, 0.4) is 0 Å². The van der Waals surface area contributed by atoms with E-state index < -0.39 is 12.1 Å². The molecule has 0 saturated heterocycles. The summed E-state index contributed by atoms with van der Waals surface area (Å²) in [7, 11) is 0. The number of ether oxygens (including phenoxy) is 1. The first-order valence-electron chi connectivity index (χ1n) is 14.1. The average molecular weight is 528 g/mol. The van der Waals surface area contributed by atoms with E-state index in [1.165, 1.54) is 17.2 Å². The molecule has 6 heteroatoms. The lowest BCUT2D eigenvalue weighted by atomic mass is 9.55. The van der Waals surface area contributed by atoms with Crippen LogP contribution in [0.25, 0.3) is 0 Å². The Balaban J connectivity index is 1.12. The SMILES string of the molecule is C[C@]12CCC3c4ccc(CO)cc4CCC3C1C[C@@H](NCc1ccc(OC(=O)c3ccccc3)cc1O)[C@@H]2O. The maximum atomic E-state index is 12.3. The Morgan fingerprint density at radius 3 is 2.67 bits per heavy atom. The molecule has 0 radical (unpaired) electrons. The Kier molecular flexibility index (Phi) is 6.96. The molecule has 6 rings (SSSR count). The van der Waals surface area contributed by atoms with Crippen molar-refractivity contribution < 1.29 is 24.9 Å². The Morgan fingerprint density at radius 1 is 1.08 bits per heavy atom. The van der Waals surface area contributed by atoms with Crippen LogP contribution in [0, 0.1) is 17.3 Å². The van der Waals surface area contributed by atoms with Crippen LogP contribution in [0.15, 0.2) is 66.7 Å². The van der Waals surface area contributed by atoms with E-state index in [0.717, 1.165) is 37.7 Å². The van der Waals surface area contributed by atoms with Crippen LogP contribution in [0.2, 0.25) is 0 Å². The van der Waals surface area contributed by atoms with E-state index in [1.807, 2.05) is 6.07 Å². The molecule has 6 nitrogen and oxygen atoms in total. The number of rotatable bonds is 6. The first-order valence-corrected chi connectivity index (χ1v) is 14.1. The summed E-state index contributed by atoms with van der Waals surface area (Å²) in [6.07, 6.45) is 4.69. The number of benzene rings is 3. The van der Waals surface area contributed by atoms with Gasteiger partial charge >= 0.3 is 5.97 Å². The largest absolute Gasteiger partial charge is 0.507 e. The summed E-state index contributed by atoms with van der Waals surface area (Å²) in [5.74, 6) is 1.37. The number of phenols is 1.